The van der Waals surface area contributed by atoms with Crippen LogP contribution >= 0.6 is 0 Å². The molecule has 1 saturated heterocycles. The average Bonchev–Trinajstić information content (AvgIpc) is 3.07. The smallest absolute Gasteiger partial charge is 0.309 e. The van der Waals surface area contributed by atoms with Crippen LogP contribution in [0.3, 0.4) is 0 Å². The van der Waals surface area contributed by atoms with Gasteiger partial charge in [-0.15, -0.1) is 0 Å². The quantitative estimate of drug-likeness (QED) is 0.931. The summed E-state index contributed by atoms with van der Waals surface area (Å²) in [5.74, 6) is -1.32. The summed E-state index contributed by atoms with van der Waals surface area (Å²) in [7, 11) is 0. The molecule has 1 fully saturated rings. The van der Waals surface area contributed by atoms with Gasteiger partial charge in [-0.05, 0) is 31.0 Å². The van der Waals surface area contributed by atoms with Gasteiger partial charge >= 0.3 is 5.97 Å². The Labute approximate surface area is 116 Å². The molecular weight excluding hydrogens is 256 g/mol. The van der Waals surface area contributed by atoms with Crippen molar-refractivity contribution in [3.8, 4) is 5.69 Å². The summed E-state index contributed by atoms with van der Waals surface area (Å²) in [5, 5.41) is 13.6. The van der Waals surface area contributed by atoms with Crippen LogP contribution in [-0.4, -0.2) is 27.5 Å². The summed E-state index contributed by atoms with van der Waals surface area (Å²) in [6.45, 7) is 2.48. The highest BCUT2D eigenvalue weighted by Gasteiger charge is 2.37. The number of carboxylic acid groups (broad SMARTS) is 1. The van der Waals surface area contributed by atoms with Crippen LogP contribution in [0.15, 0.2) is 36.5 Å². The zero-order valence-electron chi connectivity index (χ0n) is 11.2. The lowest BCUT2D eigenvalue weighted by molar-refractivity contribution is -0.143. The molecule has 0 amide bonds. The Kier molecular flexibility index (Phi) is 3.28. The largest absolute Gasteiger partial charge is 0.481 e. The third kappa shape index (κ3) is 2.10. The summed E-state index contributed by atoms with van der Waals surface area (Å²) >= 11 is 0. The zero-order chi connectivity index (χ0) is 14.1. The standard InChI is InChI=1S/C15H16N2O3/c1-10-4-2-3-5-12(10)17-13(6-8-16-17)14-11(15(18)19)7-9-20-14/h2-6,8,11,14H,7,9H2,1H3,(H,18,19). The van der Waals surface area contributed by atoms with Crippen LogP contribution in [0.25, 0.3) is 5.69 Å². The van der Waals surface area contributed by atoms with Gasteiger partial charge in [-0.25, -0.2) is 4.68 Å². The van der Waals surface area contributed by atoms with Crippen LogP contribution in [-0.2, 0) is 9.53 Å². The second-order valence-corrected chi connectivity index (χ2v) is 4.98. The molecule has 0 saturated carbocycles. The van der Waals surface area contributed by atoms with E-state index in [1.54, 1.807) is 10.9 Å². The highest BCUT2D eigenvalue weighted by molar-refractivity contribution is 5.71. The lowest BCUT2D eigenvalue weighted by Gasteiger charge is -2.17. The van der Waals surface area contributed by atoms with Gasteiger partial charge in [0, 0.05) is 12.8 Å². The topological polar surface area (TPSA) is 64.4 Å². The van der Waals surface area contributed by atoms with E-state index in [0.717, 1.165) is 16.9 Å². The fourth-order valence-corrected chi connectivity index (χ4v) is 2.67. The first kappa shape index (κ1) is 12.9. The number of nitrogens with zero attached hydrogens (tertiary/aromatic N) is 2. The Balaban J connectivity index is 2.03. The number of hydrogen-bond acceptors (Lipinski definition) is 3. The van der Waals surface area contributed by atoms with Crippen molar-refractivity contribution in [1.82, 2.24) is 9.78 Å². The van der Waals surface area contributed by atoms with E-state index < -0.39 is 18.0 Å². The number of hydrogen-bond donors (Lipinski definition) is 1. The Morgan fingerprint density at radius 2 is 2.20 bits per heavy atom. The second-order valence-electron chi connectivity index (χ2n) is 4.98. The van der Waals surface area contributed by atoms with E-state index in [9.17, 15) is 9.90 Å². The van der Waals surface area contributed by atoms with Crippen LogP contribution in [0.5, 0.6) is 0 Å². The van der Waals surface area contributed by atoms with Crippen molar-refractivity contribution < 1.29 is 14.6 Å². The van der Waals surface area contributed by atoms with Gasteiger partial charge in [-0.3, -0.25) is 4.79 Å². The van der Waals surface area contributed by atoms with Crippen molar-refractivity contribution >= 4 is 5.97 Å². The Morgan fingerprint density at radius 1 is 1.40 bits per heavy atom. The van der Waals surface area contributed by atoms with E-state index in [4.69, 9.17) is 4.74 Å². The summed E-state index contributed by atoms with van der Waals surface area (Å²) in [4.78, 5) is 11.3. The van der Waals surface area contributed by atoms with Crippen molar-refractivity contribution in [2.24, 2.45) is 5.92 Å². The fraction of sp³-hybridized carbons (Fsp3) is 0.333. The van der Waals surface area contributed by atoms with Crippen LogP contribution in [0, 0.1) is 12.8 Å². The molecule has 2 heterocycles. The number of aromatic nitrogens is 2. The number of carboxylic acids is 1. The molecule has 20 heavy (non-hydrogen) atoms. The molecule has 104 valence electrons. The van der Waals surface area contributed by atoms with Gasteiger partial charge in [0.05, 0.1) is 17.3 Å². The molecule has 0 aliphatic carbocycles. The van der Waals surface area contributed by atoms with Gasteiger partial charge in [-0.2, -0.15) is 5.10 Å². The monoisotopic (exact) mass is 272 g/mol. The Hall–Kier alpha value is -2.14. The molecule has 3 rings (SSSR count). The molecule has 0 radical (unpaired) electrons. The number of rotatable bonds is 3. The van der Waals surface area contributed by atoms with Gasteiger partial charge in [0.2, 0.25) is 0 Å². The number of carbonyl (C=O) groups is 1. The van der Waals surface area contributed by atoms with Gasteiger partial charge in [0.25, 0.3) is 0 Å². The molecule has 1 N–H and O–H groups in total. The maximum atomic E-state index is 11.3. The number of benzene rings is 1. The van der Waals surface area contributed by atoms with E-state index in [1.807, 2.05) is 37.3 Å². The van der Waals surface area contributed by atoms with Crippen LogP contribution in [0.4, 0.5) is 0 Å². The molecule has 1 aliphatic rings. The minimum absolute atomic E-state index is 0.436. The summed E-state index contributed by atoms with van der Waals surface area (Å²) in [6, 6.07) is 9.71. The molecule has 1 aromatic heterocycles. The fourth-order valence-electron chi connectivity index (χ4n) is 2.67. The van der Waals surface area contributed by atoms with E-state index in [2.05, 4.69) is 5.10 Å². The first-order chi connectivity index (χ1) is 9.68. The molecule has 2 atom stereocenters. The van der Waals surface area contributed by atoms with Crippen molar-refractivity contribution in [2.45, 2.75) is 19.4 Å². The number of para-hydroxylation sites is 1. The lowest BCUT2D eigenvalue weighted by Crippen LogP contribution is -2.20. The SMILES string of the molecule is Cc1ccccc1-n1nccc1C1OCCC1C(=O)O. The third-order valence-electron chi connectivity index (χ3n) is 3.72. The minimum Gasteiger partial charge on any atom is -0.481 e. The highest BCUT2D eigenvalue weighted by atomic mass is 16.5. The maximum absolute atomic E-state index is 11.3. The van der Waals surface area contributed by atoms with Gasteiger partial charge in [0.1, 0.15) is 6.10 Å². The maximum Gasteiger partial charge on any atom is 0.309 e. The summed E-state index contributed by atoms with van der Waals surface area (Å²) in [5.41, 5.74) is 2.83. The van der Waals surface area contributed by atoms with Crippen molar-refractivity contribution in [3.05, 3.63) is 47.8 Å². The van der Waals surface area contributed by atoms with Crippen molar-refractivity contribution in [2.75, 3.05) is 6.61 Å². The molecule has 0 bridgehead atoms. The van der Waals surface area contributed by atoms with E-state index in [0.29, 0.717) is 13.0 Å². The molecule has 0 spiro atoms. The lowest BCUT2D eigenvalue weighted by atomic mass is 9.99. The summed E-state index contributed by atoms with van der Waals surface area (Å²) < 4.78 is 7.41. The van der Waals surface area contributed by atoms with Crippen LogP contribution in [0.2, 0.25) is 0 Å². The first-order valence-electron chi connectivity index (χ1n) is 6.63. The molecule has 2 aromatic rings. The minimum atomic E-state index is -0.815. The molecular formula is C15H16N2O3. The zero-order valence-corrected chi connectivity index (χ0v) is 11.2. The number of ether oxygens (including phenoxy) is 1. The molecule has 1 aliphatic heterocycles. The highest BCUT2D eigenvalue weighted by Crippen LogP contribution is 2.35. The van der Waals surface area contributed by atoms with Gasteiger partial charge < -0.3 is 9.84 Å². The Morgan fingerprint density at radius 3 is 2.95 bits per heavy atom. The average molecular weight is 272 g/mol. The first-order valence-corrected chi connectivity index (χ1v) is 6.63. The van der Waals surface area contributed by atoms with Crippen molar-refractivity contribution in [1.29, 1.82) is 0 Å². The molecule has 5 heteroatoms. The summed E-state index contributed by atoms with van der Waals surface area (Å²) in [6.07, 6.45) is 1.79. The second kappa shape index (κ2) is 5.09. The third-order valence-corrected chi connectivity index (χ3v) is 3.72. The predicted octanol–water partition coefficient (Wildman–Crippen LogP) is 2.34. The van der Waals surface area contributed by atoms with Gasteiger partial charge in [0.15, 0.2) is 0 Å². The normalized spacial score (nSPS) is 22.1. The number of aliphatic carboxylic acids is 1. The predicted molar refractivity (Wildman–Crippen MR) is 72.7 cm³/mol. The van der Waals surface area contributed by atoms with Crippen molar-refractivity contribution in [3.63, 3.8) is 0 Å². The van der Waals surface area contributed by atoms with E-state index in [1.165, 1.54) is 0 Å². The van der Waals surface area contributed by atoms with Crippen LogP contribution < -0.4 is 0 Å². The molecule has 2 unspecified atom stereocenters. The van der Waals surface area contributed by atoms with Crippen LogP contribution in [0.1, 0.15) is 23.8 Å². The van der Waals surface area contributed by atoms with E-state index >= 15 is 0 Å². The molecule has 5 nitrogen and oxygen atoms in total. The van der Waals surface area contributed by atoms with Gasteiger partial charge in [-0.1, -0.05) is 18.2 Å². The number of aryl methyl sites for hydroxylation is 1. The Bertz CT molecular complexity index is 636. The van der Waals surface area contributed by atoms with E-state index in [-0.39, 0.29) is 0 Å². The molecule has 1 aromatic carbocycles.